The van der Waals surface area contributed by atoms with Crippen LogP contribution in [0.5, 0.6) is 0 Å². The summed E-state index contributed by atoms with van der Waals surface area (Å²) < 4.78 is 9.66. The minimum atomic E-state index is -0.627. The first-order valence-corrected chi connectivity index (χ1v) is 7.77. The van der Waals surface area contributed by atoms with Gasteiger partial charge in [0.1, 0.15) is 5.70 Å². The van der Waals surface area contributed by atoms with Crippen molar-refractivity contribution < 1.29 is 29.0 Å². The molecular formula is C17H20N2O6. The van der Waals surface area contributed by atoms with E-state index in [0.717, 1.165) is 0 Å². The number of amides is 1. The van der Waals surface area contributed by atoms with Gasteiger partial charge in [-0.25, -0.2) is 9.59 Å². The van der Waals surface area contributed by atoms with Crippen LogP contribution in [0.4, 0.5) is 5.69 Å². The maximum absolute atomic E-state index is 12.4. The van der Waals surface area contributed by atoms with Gasteiger partial charge in [-0.1, -0.05) is 6.07 Å². The Morgan fingerprint density at radius 2 is 2.08 bits per heavy atom. The van der Waals surface area contributed by atoms with Crippen molar-refractivity contribution in [3.8, 4) is 0 Å². The molecule has 1 aliphatic rings. The molecule has 0 aromatic heterocycles. The van der Waals surface area contributed by atoms with Crippen molar-refractivity contribution in [1.82, 2.24) is 4.90 Å². The molecule has 0 saturated heterocycles. The second kappa shape index (κ2) is 8.29. The maximum Gasteiger partial charge on any atom is 0.338 e. The van der Waals surface area contributed by atoms with Crippen LogP contribution in [0.15, 0.2) is 35.5 Å². The molecule has 0 saturated carbocycles. The number of methoxy groups -OCH3 is 1. The van der Waals surface area contributed by atoms with E-state index in [4.69, 9.17) is 14.6 Å². The van der Waals surface area contributed by atoms with Crippen LogP contribution in [0.1, 0.15) is 17.3 Å². The third-order valence-corrected chi connectivity index (χ3v) is 3.60. The monoisotopic (exact) mass is 348 g/mol. The van der Waals surface area contributed by atoms with Crippen LogP contribution in [-0.4, -0.2) is 61.3 Å². The molecule has 8 heteroatoms. The lowest BCUT2D eigenvalue weighted by atomic mass is 10.2. The number of anilines is 1. The molecule has 1 aromatic carbocycles. The Kier molecular flexibility index (Phi) is 6.13. The lowest BCUT2D eigenvalue weighted by molar-refractivity contribution is -0.136. The summed E-state index contributed by atoms with van der Waals surface area (Å²) in [4.78, 5) is 37.5. The molecule has 134 valence electrons. The van der Waals surface area contributed by atoms with E-state index in [0.29, 0.717) is 11.3 Å². The topological polar surface area (TPSA) is 105 Å². The maximum atomic E-state index is 12.4. The molecule has 1 amide bonds. The second-order valence-electron chi connectivity index (χ2n) is 5.22. The molecule has 1 heterocycles. The Bertz CT molecular complexity index is 713. The van der Waals surface area contributed by atoms with Crippen LogP contribution in [-0.2, 0) is 19.1 Å². The highest BCUT2D eigenvalue weighted by Gasteiger charge is 2.34. The SMILES string of the molecule is CCOC(=O)c1cccc(NC2=C(C(=O)OC)CN(CCO)C2=O)c1. The van der Waals surface area contributed by atoms with Gasteiger partial charge >= 0.3 is 11.9 Å². The smallest absolute Gasteiger partial charge is 0.338 e. The van der Waals surface area contributed by atoms with Crippen LogP contribution in [0, 0.1) is 0 Å². The number of carbonyl (C=O) groups is 3. The normalized spacial score (nSPS) is 13.9. The fraction of sp³-hybridized carbons (Fsp3) is 0.353. The molecule has 2 rings (SSSR count). The van der Waals surface area contributed by atoms with Crippen LogP contribution < -0.4 is 5.32 Å². The Morgan fingerprint density at radius 1 is 1.32 bits per heavy atom. The zero-order valence-electron chi connectivity index (χ0n) is 14.1. The van der Waals surface area contributed by atoms with Crippen LogP contribution in [0.3, 0.4) is 0 Å². The number of carbonyl (C=O) groups excluding carboxylic acids is 3. The van der Waals surface area contributed by atoms with Crippen molar-refractivity contribution in [2.45, 2.75) is 6.92 Å². The Balaban J connectivity index is 2.29. The van der Waals surface area contributed by atoms with E-state index < -0.39 is 17.8 Å². The molecular weight excluding hydrogens is 328 g/mol. The van der Waals surface area contributed by atoms with Gasteiger partial charge in [0.05, 0.1) is 38.0 Å². The lowest BCUT2D eigenvalue weighted by Crippen LogP contribution is -2.31. The van der Waals surface area contributed by atoms with Gasteiger partial charge in [0.15, 0.2) is 0 Å². The summed E-state index contributed by atoms with van der Waals surface area (Å²) in [6.45, 7) is 1.90. The molecule has 0 atom stereocenters. The van der Waals surface area contributed by atoms with E-state index in [1.165, 1.54) is 18.1 Å². The highest BCUT2D eigenvalue weighted by molar-refractivity contribution is 6.08. The predicted octanol–water partition coefficient (Wildman–Crippen LogP) is 0.537. The Labute approximate surface area is 145 Å². The van der Waals surface area contributed by atoms with E-state index in [9.17, 15) is 14.4 Å². The predicted molar refractivity (Wildman–Crippen MR) is 88.7 cm³/mol. The van der Waals surface area contributed by atoms with E-state index in [-0.39, 0.29) is 37.6 Å². The summed E-state index contributed by atoms with van der Waals surface area (Å²) in [5.74, 6) is -1.53. The number of ether oxygens (including phenoxy) is 2. The number of nitrogens with zero attached hydrogens (tertiary/aromatic N) is 1. The van der Waals surface area contributed by atoms with Gasteiger partial charge in [0.2, 0.25) is 0 Å². The molecule has 2 N–H and O–H groups in total. The van der Waals surface area contributed by atoms with E-state index in [2.05, 4.69) is 5.32 Å². The summed E-state index contributed by atoms with van der Waals surface area (Å²) in [5, 5.41) is 11.9. The van der Waals surface area contributed by atoms with E-state index >= 15 is 0 Å². The van der Waals surface area contributed by atoms with E-state index in [1.54, 1.807) is 25.1 Å². The minimum Gasteiger partial charge on any atom is -0.466 e. The van der Waals surface area contributed by atoms with Gasteiger partial charge in [0, 0.05) is 12.2 Å². The number of esters is 2. The van der Waals surface area contributed by atoms with Crippen LogP contribution in [0.25, 0.3) is 0 Å². The minimum absolute atomic E-state index is 0.0476. The lowest BCUT2D eigenvalue weighted by Gasteiger charge is -2.15. The van der Waals surface area contributed by atoms with Crippen molar-refractivity contribution in [2.24, 2.45) is 0 Å². The number of nitrogens with one attached hydrogen (secondary N) is 1. The fourth-order valence-electron chi connectivity index (χ4n) is 2.43. The first kappa shape index (κ1) is 18.5. The molecule has 0 bridgehead atoms. The summed E-state index contributed by atoms with van der Waals surface area (Å²) in [5.41, 5.74) is 1.02. The zero-order chi connectivity index (χ0) is 18.4. The summed E-state index contributed by atoms with van der Waals surface area (Å²) in [6.07, 6.45) is 0. The number of hydrogen-bond donors (Lipinski definition) is 2. The first-order valence-electron chi connectivity index (χ1n) is 7.77. The molecule has 0 spiro atoms. The van der Waals surface area contributed by atoms with Crippen LogP contribution in [0.2, 0.25) is 0 Å². The third-order valence-electron chi connectivity index (χ3n) is 3.60. The summed E-state index contributed by atoms with van der Waals surface area (Å²) in [7, 11) is 1.23. The van der Waals surface area contributed by atoms with Gasteiger partial charge in [-0.05, 0) is 25.1 Å². The van der Waals surface area contributed by atoms with Crippen molar-refractivity contribution in [3.63, 3.8) is 0 Å². The molecule has 8 nitrogen and oxygen atoms in total. The van der Waals surface area contributed by atoms with Crippen molar-refractivity contribution in [1.29, 1.82) is 0 Å². The van der Waals surface area contributed by atoms with Gasteiger partial charge in [-0.3, -0.25) is 4.79 Å². The molecule has 25 heavy (non-hydrogen) atoms. The molecule has 1 aliphatic heterocycles. The standard InChI is InChI=1S/C17H20N2O6/c1-3-25-16(22)11-5-4-6-12(9-11)18-14-13(17(23)24-2)10-19(7-8-20)15(14)21/h4-6,9,18,20H,3,7-8,10H2,1-2H3. The molecule has 0 unspecified atom stereocenters. The third kappa shape index (κ3) is 4.16. The van der Waals surface area contributed by atoms with Gasteiger partial charge in [0.25, 0.3) is 5.91 Å². The molecule has 1 aromatic rings. The van der Waals surface area contributed by atoms with E-state index in [1.807, 2.05) is 0 Å². The number of benzene rings is 1. The largest absolute Gasteiger partial charge is 0.466 e. The average Bonchev–Trinajstić information content (AvgIpc) is 2.91. The number of aliphatic hydroxyl groups excluding tert-OH is 1. The highest BCUT2D eigenvalue weighted by atomic mass is 16.5. The van der Waals surface area contributed by atoms with Crippen molar-refractivity contribution >= 4 is 23.5 Å². The Morgan fingerprint density at radius 3 is 2.72 bits per heavy atom. The average molecular weight is 348 g/mol. The molecule has 0 aliphatic carbocycles. The van der Waals surface area contributed by atoms with Gasteiger partial charge < -0.3 is 24.8 Å². The van der Waals surface area contributed by atoms with Crippen molar-refractivity contribution in [2.75, 3.05) is 38.7 Å². The quantitative estimate of drug-likeness (QED) is 0.693. The first-order chi connectivity index (χ1) is 12.0. The summed E-state index contributed by atoms with van der Waals surface area (Å²) >= 11 is 0. The number of rotatable bonds is 7. The fourth-order valence-corrected chi connectivity index (χ4v) is 2.43. The number of β-amino-alcohol motifs (C(OH)–C–C–N with tert-alkyl or cyclic N) is 1. The Hall–Kier alpha value is -2.87. The molecule has 0 radical (unpaired) electrons. The second-order valence-corrected chi connectivity index (χ2v) is 5.22. The highest BCUT2D eigenvalue weighted by Crippen LogP contribution is 2.23. The summed E-state index contributed by atoms with van der Waals surface area (Å²) in [6, 6.07) is 6.42. The van der Waals surface area contributed by atoms with Crippen LogP contribution >= 0.6 is 0 Å². The van der Waals surface area contributed by atoms with Crippen molar-refractivity contribution in [3.05, 3.63) is 41.1 Å². The zero-order valence-corrected chi connectivity index (χ0v) is 14.1. The van der Waals surface area contributed by atoms with Gasteiger partial charge in [-0.2, -0.15) is 0 Å². The van der Waals surface area contributed by atoms with Gasteiger partial charge in [-0.15, -0.1) is 0 Å². The number of aliphatic hydroxyl groups is 1. The molecule has 0 fully saturated rings. The number of hydrogen-bond acceptors (Lipinski definition) is 7.